The number of nitrogens with zero attached hydrogens (tertiary/aromatic N) is 2. The number of para-hydroxylation sites is 1. The van der Waals surface area contributed by atoms with Gasteiger partial charge in [0.1, 0.15) is 22.8 Å². The molecule has 0 spiro atoms. The van der Waals surface area contributed by atoms with E-state index in [1.807, 2.05) is 12.1 Å². The third-order valence-corrected chi connectivity index (χ3v) is 7.55. The van der Waals surface area contributed by atoms with Crippen molar-refractivity contribution in [1.82, 2.24) is 4.98 Å². The molecule has 0 saturated carbocycles. The molecule has 0 aliphatic rings. The Morgan fingerprint density at radius 2 is 1.94 bits per heavy atom. The largest absolute Gasteiger partial charge is 0.494 e. The van der Waals surface area contributed by atoms with Crippen LogP contribution in [0.5, 0.6) is 5.75 Å². The number of ether oxygens (including phenoxy) is 1. The van der Waals surface area contributed by atoms with Gasteiger partial charge in [0.2, 0.25) is 5.91 Å². The van der Waals surface area contributed by atoms with Crippen molar-refractivity contribution in [3.63, 3.8) is 0 Å². The minimum atomic E-state index is -3.76. The fraction of sp³-hybridized carbons (Fsp3) is 0.182. The maximum Gasteiger partial charge on any atom is 0.230 e. The predicted molar refractivity (Wildman–Crippen MR) is 119 cm³/mol. The molecular weight excluding hydrogens is 455 g/mol. The molecule has 0 unspecified atom stereocenters. The smallest absolute Gasteiger partial charge is 0.230 e. The van der Waals surface area contributed by atoms with Crippen LogP contribution in [0.1, 0.15) is 12.2 Å². The Hall–Kier alpha value is -3.24. The number of halogens is 1. The van der Waals surface area contributed by atoms with Crippen LogP contribution in [-0.2, 0) is 21.2 Å². The topological polar surface area (TPSA) is 89.7 Å². The van der Waals surface area contributed by atoms with Crippen LogP contribution in [0.15, 0.2) is 70.2 Å². The summed E-state index contributed by atoms with van der Waals surface area (Å²) in [5, 5.41) is 0.407. The van der Waals surface area contributed by atoms with Crippen molar-refractivity contribution in [2.45, 2.75) is 17.9 Å². The second-order valence-corrected chi connectivity index (χ2v) is 10.0. The lowest BCUT2D eigenvalue weighted by Crippen LogP contribution is -2.31. The molecule has 4 rings (SSSR count). The monoisotopic (exact) mass is 474 g/mol. The van der Waals surface area contributed by atoms with Crippen LogP contribution in [0, 0.1) is 5.82 Å². The molecule has 4 aromatic rings. The van der Waals surface area contributed by atoms with Gasteiger partial charge in [-0.05, 0) is 48.5 Å². The fourth-order valence-electron chi connectivity index (χ4n) is 3.13. The zero-order valence-corrected chi connectivity index (χ0v) is 18.7. The van der Waals surface area contributed by atoms with Gasteiger partial charge in [0, 0.05) is 6.42 Å². The van der Waals surface area contributed by atoms with Gasteiger partial charge in [-0.15, -0.1) is 0 Å². The predicted octanol–water partition coefficient (Wildman–Crippen LogP) is 4.43. The van der Waals surface area contributed by atoms with Gasteiger partial charge in [-0.1, -0.05) is 17.4 Å². The van der Waals surface area contributed by atoms with E-state index in [1.54, 1.807) is 25.3 Å². The van der Waals surface area contributed by atoms with Gasteiger partial charge in [0.15, 0.2) is 15.0 Å². The highest BCUT2D eigenvalue weighted by Crippen LogP contribution is 2.35. The number of aromatic nitrogens is 1. The van der Waals surface area contributed by atoms with E-state index in [0.717, 1.165) is 16.8 Å². The lowest BCUT2D eigenvalue weighted by Gasteiger charge is -2.18. The zero-order chi connectivity index (χ0) is 22.7. The average Bonchev–Trinajstić information content (AvgIpc) is 3.45. The minimum absolute atomic E-state index is 0.0333. The van der Waals surface area contributed by atoms with Crippen LogP contribution in [0.3, 0.4) is 0 Å². The summed E-state index contributed by atoms with van der Waals surface area (Å²) in [6, 6.07) is 13.4. The lowest BCUT2D eigenvalue weighted by molar-refractivity contribution is -0.118. The standard InChI is InChI=1S/C22H19FN2O5S2/c1-29-18-5-2-6-19-21(18)24-22(31-19)25(14-16-4-3-12-30-16)20(26)11-13-32(27,28)17-9-7-15(23)8-10-17/h2-10,12H,11,13-14H2,1H3. The third-order valence-electron chi connectivity index (χ3n) is 4.77. The van der Waals surface area contributed by atoms with E-state index in [0.29, 0.717) is 22.2 Å². The molecular formula is C22H19FN2O5S2. The van der Waals surface area contributed by atoms with Crippen LogP contribution in [0.2, 0.25) is 0 Å². The molecule has 166 valence electrons. The highest BCUT2D eigenvalue weighted by Gasteiger charge is 2.25. The van der Waals surface area contributed by atoms with Gasteiger partial charge in [-0.25, -0.2) is 17.8 Å². The summed E-state index contributed by atoms with van der Waals surface area (Å²) in [6.45, 7) is 0.102. The highest BCUT2D eigenvalue weighted by atomic mass is 32.2. The molecule has 0 aliphatic heterocycles. The number of hydrogen-bond acceptors (Lipinski definition) is 7. The van der Waals surface area contributed by atoms with E-state index in [2.05, 4.69) is 4.98 Å². The summed E-state index contributed by atoms with van der Waals surface area (Å²) in [7, 11) is -2.22. The van der Waals surface area contributed by atoms with Crippen molar-refractivity contribution in [3.05, 3.63) is 72.4 Å². The van der Waals surface area contributed by atoms with Crippen LogP contribution in [0.25, 0.3) is 10.2 Å². The van der Waals surface area contributed by atoms with Crippen LogP contribution >= 0.6 is 11.3 Å². The Morgan fingerprint density at radius 3 is 2.62 bits per heavy atom. The number of sulfone groups is 1. The fourth-order valence-corrected chi connectivity index (χ4v) is 5.36. The summed E-state index contributed by atoms with van der Waals surface area (Å²) in [5.41, 5.74) is 0.617. The molecule has 0 atom stereocenters. The van der Waals surface area contributed by atoms with Crippen molar-refractivity contribution in [1.29, 1.82) is 0 Å². The minimum Gasteiger partial charge on any atom is -0.494 e. The molecule has 10 heteroatoms. The molecule has 0 radical (unpaired) electrons. The molecule has 2 aromatic carbocycles. The summed E-state index contributed by atoms with van der Waals surface area (Å²) >= 11 is 1.30. The highest BCUT2D eigenvalue weighted by molar-refractivity contribution is 7.91. The first kappa shape index (κ1) is 22.0. The third kappa shape index (κ3) is 4.66. The normalized spacial score (nSPS) is 11.6. The number of hydrogen-bond donors (Lipinski definition) is 0. The van der Waals surface area contributed by atoms with E-state index in [-0.39, 0.29) is 17.9 Å². The van der Waals surface area contributed by atoms with Gasteiger partial charge in [-0.2, -0.15) is 0 Å². The van der Waals surface area contributed by atoms with Gasteiger partial charge in [0.05, 0.1) is 35.3 Å². The molecule has 1 amide bonds. The second kappa shape index (κ2) is 9.09. The molecule has 0 fully saturated rings. The van der Waals surface area contributed by atoms with Crippen molar-refractivity contribution in [2.24, 2.45) is 0 Å². The Morgan fingerprint density at radius 1 is 1.16 bits per heavy atom. The summed E-state index contributed by atoms with van der Waals surface area (Å²) in [6.07, 6.45) is 1.23. The maximum atomic E-state index is 13.1. The van der Waals surface area contributed by atoms with Crippen molar-refractivity contribution in [2.75, 3.05) is 17.8 Å². The second-order valence-electron chi connectivity index (χ2n) is 6.89. The van der Waals surface area contributed by atoms with Gasteiger partial charge < -0.3 is 9.15 Å². The van der Waals surface area contributed by atoms with Crippen LogP contribution < -0.4 is 9.64 Å². The van der Waals surface area contributed by atoms with Gasteiger partial charge in [0.25, 0.3) is 0 Å². The number of benzene rings is 2. The number of amides is 1. The molecule has 0 bridgehead atoms. The SMILES string of the molecule is COc1cccc2sc(N(Cc3ccco3)C(=O)CCS(=O)(=O)c3ccc(F)cc3)nc12. The van der Waals surface area contributed by atoms with E-state index in [1.165, 1.54) is 34.6 Å². The number of thiazole rings is 1. The number of carbonyl (C=O) groups is 1. The molecule has 0 saturated heterocycles. The Balaban J connectivity index is 1.60. The van der Waals surface area contributed by atoms with Crippen LogP contribution in [-0.4, -0.2) is 32.2 Å². The molecule has 7 nitrogen and oxygen atoms in total. The van der Waals surface area contributed by atoms with Crippen molar-refractivity contribution >= 4 is 42.4 Å². The first-order chi connectivity index (χ1) is 15.4. The number of fused-ring (bicyclic) bond motifs is 1. The number of carbonyl (C=O) groups excluding carboxylic acids is 1. The number of anilines is 1. The number of rotatable bonds is 8. The quantitative estimate of drug-likeness (QED) is 0.351. The Bertz CT molecular complexity index is 1330. The zero-order valence-electron chi connectivity index (χ0n) is 17.0. The summed E-state index contributed by atoms with van der Waals surface area (Å²) in [5.74, 6) is -0.262. The Kier molecular flexibility index (Phi) is 6.24. The van der Waals surface area contributed by atoms with Crippen LogP contribution in [0.4, 0.5) is 9.52 Å². The van der Waals surface area contributed by atoms with Gasteiger partial charge >= 0.3 is 0 Å². The summed E-state index contributed by atoms with van der Waals surface area (Å²) < 4.78 is 49.9. The van der Waals surface area contributed by atoms with Crippen molar-refractivity contribution in [3.8, 4) is 5.75 Å². The molecule has 0 N–H and O–H groups in total. The lowest BCUT2D eigenvalue weighted by atomic mass is 10.3. The molecule has 0 aliphatic carbocycles. The van der Waals surface area contributed by atoms with E-state index < -0.39 is 27.3 Å². The maximum absolute atomic E-state index is 13.1. The average molecular weight is 475 g/mol. The molecule has 2 aromatic heterocycles. The number of methoxy groups -OCH3 is 1. The first-order valence-electron chi connectivity index (χ1n) is 9.62. The van der Waals surface area contributed by atoms with Crippen molar-refractivity contribution < 1.29 is 26.8 Å². The first-order valence-corrected chi connectivity index (χ1v) is 12.1. The molecule has 32 heavy (non-hydrogen) atoms. The summed E-state index contributed by atoms with van der Waals surface area (Å²) in [4.78, 5) is 19.1. The van der Waals surface area contributed by atoms with E-state index in [9.17, 15) is 17.6 Å². The molecule has 2 heterocycles. The number of furan rings is 1. The van der Waals surface area contributed by atoms with E-state index in [4.69, 9.17) is 9.15 Å². The Labute approximate surface area is 188 Å². The van der Waals surface area contributed by atoms with E-state index >= 15 is 0 Å². The van der Waals surface area contributed by atoms with Gasteiger partial charge in [-0.3, -0.25) is 9.69 Å².